The van der Waals surface area contributed by atoms with Crippen LogP contribution in [0.25, 0.3) is 0 Å². The molecule has 18 heavy (non-hydrogen) atoms. The average Bonchev–Trinajstić information content (AvgIpc) is 2.27. The summed E-state index contributed by atoms with van der Waals surface area (Å²) in [5.74, 6) is 0.992. The maximum atomic E-state index is 12.4. The Morgan fingerprint density at radius 1 is 1.28 bits per heavy atom. The summed E-state index contributed by atoms with van der Waals surface area (Å²) in [6.07, 6.45) is 3.01. The summed E-state index contributed by atoms with van der Waals surface area (Å²) in [7, 11) is 1.65. The number of carbonyl (C=O) groups excluding carboxylic acids is 1. The van der Waals surface area contributed by atoms with Gasteiger partial charge in [0, 0.05) is 6.04 Å². The highest BCUT2D eigenvalue weighted by Gasteiger charge is 2.45. The van der Waals surface area contributed by atoms with Crippen molar-refractivity contribution in [3.05, 3.63) is 29.8 Å². The highest BCUT2D eigenvalue weighted by molar-refractivity contribution is 5.89. The predicted molar refractivity (Wildman–Crippen MR) is 71.8 cm³/mol. The van der Waals surface area contributed by atoms with Gasteiger partial charge in [0.2, 0.25) is 5.91 Å². The van der Waals surface area contributed by atoms with E-state index in [9.17, 15) is 4.79 Å². The minimum atomic E-state index is -0.309. The Kier molecular flexibility index (Phi) is 3.60. The lowest BCUT2D eigenvalue weighted by Crippen LogP contribution is -2.50. The number of amides is 1. The van der Waals surface area contributed by atoms with E-state index in [4.69, 9.17) is 4.74 Å². The molecule has 1 aliphatic rings. The van der Waals surface area contributed by atoms with Crippen LogP contribution in [0, 0.1) is 0 Å². The molecule has 98 valence electrons. The van der Waals surface area contributed by atoms with Crippen molar-refractivity contribution in [1.82, 2.24) is 5.32 Å². The molecule has 3 heteroatoms. The molecule has 1 N–H and O–H groups in total. The molecule has 1 amide bonds. The molecular weight excluding hydrogens is 226 g/mol. The van der Waals surface area contributed by atoms with Gasteiger partial charge in [0.15, 0.2) is 0 Å². The summed E-state index contributed by atoms with van der Waals surface area (Å²) < 4.78 is 5.16. The first-order valence-corrected chi connectivity index (χ1v) is 6.54. The normalized spacial score (nSPS) is 17.1. The summed E-state index contributed by atoms with van der Waals surface area (Å²) >= 11 is 0. The first kappa shape index (κ1) is 12.9. The Bertz CT molecular complexity index is 419. The van der Waals surface area contributed by atoms with Gasteiger partial charge in [0.05, 0.1) is 12.5 Å². The minimum absolute atomic E-state index is 0.161. The van der Waals surface area contributed by atoms with E-state index >= 15 is 0 Å². The highest BCUT2D eigenvalue weighted by atomic mass is 16.5. The minimum Gasteiger partial charge on any atom is -0.497 e. The first-order chi connectivity index (χ1) is 8.58. The smallest absolute Gasteiger partial charge is 0.230 e. The third-order valence-electron chi connectivity index (χ3n) is 3.70. The SMILES string of the molecule is COc1ccc(C2(C(=O)NC(C)C)CCC2)cc1. The van der Waals surface area contributed by atoms with Gasteiger partial charge in [0.25, 0.3) is 0 Å². The van der Waals surface area contributed by atoms with E-state index in [1.165, 1.54) is 0 Å². The van der Waals surface area contributed by atoms with Crippen LogP contribution in [-0.4, -0.2) is 19.1 Å². The topological polar surface area (TPSA) is 38.3 Å². The molecule has 0 spiro atoms. The molecule has 0 atom stereocenters. The second kappa shape index (κ2) is 5.01. The number of nitrogens with one attached hydrogen (secondary N) is 1. The van der Waals surface area contributed by atoms with Crippen LogP contribution < -0.4 is 10.1 Å². The second-order valence-corrected chi connectivity index (χ2v) is 5.29. The summed E-state index contributed by atoms with van der Waals surface area (Å²) in [4.78, 5) is 12.4. The number of hydrogen-bond acceptors (Lipinski definition) is 2. The van der Waals surface area contributed by atoms with E-state index < -0.39 is 0 Å². The van der Waals surface area contributed by atoms with Crippen molar-refractivity contribution in [3.63, 3.8) is 0 Å². The van der Waals surface area contributed by atoms with Gasteiger partial charge in [-0.1, -0.05) is 18.6 Å². The molecule has 2 rings (SSSR count). The molecule has 1 aliphatic carbocycles. The maximum Gasteiger partial charge on any atom is 0.230 e. The quantitative estimate of drug-likeness (QED) is 0.888. The lowest BCUT2D eigenvalue weighted by molar-refractivity contribution is -0.130. The lowest BCUT2D eigenvalue weighted by Gasteiger charge is -2.41. The third kappa shape index (κ3) is 2.22. The van der Waals surface area contributed by atoms with E-state index in [1.807, 2.05) is 38.1 Å². The molecule has 0 aliphatic heterocycles. The van der Waals surface area contributed by atoms with Gasteiger partial charge in [-0.2, -0.15) is 0 Å². The molecule has 1 saturated carbocycles. The molecule has 0 unspecified atom stereocenters. The van der Waals surface area contributed by atoms with Crippen LogP contribution >= 0.6 is 0 Å². The van der Waals surface area contributed by atoms with Crippen molar-refractivity contribution in [2.75, 3.05) is 7.11 Å². The zero-order valence-corrected chi connectivity index (χ0v) is 11.3. The van der Waals surface area contributed by atoms with E-state index in [-0.39, 0.29) is 17.4 Å². The van der Waals surface area contributed by atoms with Crippen molar-refractivity contribution in [1.29, 1.82) is 0 Å². The molecule has 0 bridgehead atoms. The number of rotatable bonds is 4. The number of ether oxygens (including phenoxy) is 1. The first-order valence-electron chi connectivity index (χ1n) is 6.54. The van der Waals surface area contributed by atoms with Gasteiger partial charge in [-0.15, -0.1) is 0 Å². The summed E-state index contributed by atoms with van der Waals surface area (Å²) in [5, 5.41) is 3.04. The monoisotopic (exact) mass is 247 g/mol. The Morgan fingerprint density at radius 2 is 1.89 bits per heavy atom. The average molecular weight is 247 g/mol. The van der Waals surface area contributed by atoms with E-state index in [1.54, 1.807) is 7.11 Å². The van der Waals surface area contributed by atoms with Gasteiger partial charge < -0.3 is 10.1 Å². The van der Waals surface area contributed by atoms with Gasteiger partial charge in [-0.25, -0.2) is 0 Å². The van der Waals surface area contributed by atoms with Gasteiger partial charge >= 0.3 is 0 Å². The predicted octanol–water partition coefficient (Wildman–Crippen LogP) is 2.64. The molecule has 3 nitrogen and oxygen atoms in total. The Labute approximate surface area is 109 Å². The fraction of sp³-hybridized carbons (Fsp3) is 0.533. The number of carbonyl (C=O) groups is 1. The largest absolute Gasteiger partial charge is 0.497 e. The number of benzene rings is 1. The van der Waals surface area contributed by atoms with E-state index in [0.29, 0.717) is 0 Å². The van der Waals surface area contributed by atoms with Crippen molar-refractivity contribution in [2.24, 2.45) is 0 Å². The third-order valence-corrected chi connectivity index (χ3v) is 3.70. The second-order valence-electron chi connectivity index (χ2n) is 5.29. The molecule has 0 radical (unpaired) electrons. The summed E-state index contributed by atoms with van der Waals surface area (Å²) in [6.45, 7) is 4.00. The van der Waals surface area contributed by atoms with Crippen molar-refractivity contribution >= 4 is 5.91 Å². The lowest BCUT2D eigenvalue weighted by atomic mass is 9.63. The summed E-state index contributed by atoms with van der Waals surface area (Å²) in [5.41, 5.74) is 0.795. The fourth-order valence-corrected chi connectivity index (χ4v) is 2.49. The van der Waals surface area contributed by atoms with Crippen LogP contribution in [0.2, 0.25) is 0 Å². The molecule has 1 fully saturated rings. The van der Waals surface area contributed by atoms with Crippen LogP contribution in [0.4, 0.5) is 0 Å². The number of methoxy groups -OCH3 is 1. The van der Waals surface area contributed by atoms with Crippen molar-refractivity contribution in [3.8, 4) is 5.75 Å². The van der Waals surface area contributed by atoms with Crippen molar-refractivity contribution < 1.29 is 9.53 Å². The molecule has 0 aromatic heterocycles. The van der Waals surface area contributed by atoms with E-state index in [2.05, 4.69) is 5.32 Å². The van der Waals surface area contributed by atoms with Crippen LogP contribution in [0.1, 0.15) is 38.7 Å². The highest BCUT2D eigenvalue weighted by Crippen LogP contribution is 2.44. The Morgan fingerprint density at radius 3 is 2.28 bits per heavy atom. The van der Waals surface area contributed by atoms with Gasteiger partial charge in [-0.3, -0.25) is 4.79 Å². The summed E-state index contributed by atoms with van der Waals surface area (Å²) in [6, 6.07) is 8.07. The van der Waals surface area contributed by atoms with Crippen LogP contribution in [0.3, 0.4) is 0 Å². The number of hydrogen-bond donors (Lipinski definition) is 1. The fourth-order valence-electron chi connectivity index (χ4n) is 2.49. The molecule has 0 saturated heterocycles. The van der Waals surface area contributed by atoms with Crippen LogP contribution in [0.5, 0.6) is 5.75 Å². The van der Waals surface area contributed by atoms with Crippen molar-refractivity contribution in [2.45, 2.75) is 44.6 Å². The zero-order valence-electron chi connectivity index (χ0n) is 11.3. The van der Waals surface area contributed by atoms with Gasteiger partial charge in [0.1, 0.15) is 5.75 Å². The zero-order chi connectivity index (χ0) is 13.2. The Balaban J connectivity index is 2.23. The van der Waals surface area contributed by atoms with Crippen LogP contribution in [0.15, 0.2) is 24.3 Å². The molecule has 1 aromatic rings. The molecule has 1 aromatic carbocycles. The van der Waals surface area contributed by atoms with Gasteiger partial charge in [-0.05, 0) is 44.4 Å². The standard InChI is InChI=1S/C15H21NO2/c1-11(2)16-14(17)15(9-4-10-15)12-5-7-13(18-3)8-6-12/h5-8,11H,4,9-10H2,1-3H3,(H,16,17). The Hall–Kier alpha value is -1.51. The van der Waals surface area contributed by atoms with E-state index in [0.717, 1.165) is 30.6 Å². The molecule has 0 heterocycles. The molecular formula is C15H21NO2. The van der Waals surface area contributed by atoms with Crippen LogP contribution in [-0.2, 0) is 10.2 Å². The maximum absolute atomic E-state index is 12.4.